The van der Waals surface area contributed by atoms with Gasteiger partial charge in [0, 0.05) is 42.5 Å². The largest absolute Gasteiger partial charge is 0.357 e. The lowest BCUT2D eigenvalue weighted by molar-refractivity contribution is 0.299. The monoisotopic (exact) mass is 372 g/mol. The molecule has 136 valence electrons. The second kappa shape index (κ2) is 9.39. The van der Waals surface area contributed by atoms with E-state index in [1.165, 1.54) is 9.75 Å². The Balaban J connectivity index is 1.77. The average molecular weight is 373 g/mol. The van der Waals surface area contributed by atoms with Crippen LogP contribution in [0.3, 0.4) is 0 Å². The van der Waals surface area contributed by atoms with Crippen molar-refractivity contribution < 1.29 is 8.42 Å². The number of hydrogen-bond acceptors (Lipinski definition) is 5. The van der Waals surface area contributed by atoms with Crippen LogP contribution in [0.5, 0.6) is 0 Å². The lowest BCUT2D eigenvalue weighted by Crippen LogP contribution is -2.45. The van der Waals surface area contributed by atoms with E-state index in [-0.39, 0.29) is 11.5 Å². The van der Waals surface area contributed by atoms with E-state index >= 15 is 0 Å². The van der Waals surface area contributed by atoms with Gasteiger partial charge < -0.3 is 10.6 Å². The smallest absolute Gasteiger partial charge is 0.191 e. The second-order valence-corrected chi connectivity index (χ2v) is 9.39. The Labute approximate surface area is 149 Å². The zero-order valence-electron chi connectivity index (χ0n) is 14.5. The Kier molecular flexibility index (Phi) is 7.51. The summed E-state index contributed by atoms with van der Waals surface area (Å²) in [6.45, 7) is 8.57. The number of aliphatic imine (C=N–C) groups is 1. The molecule has 0 amide bonds. The van der Waals surface area contributed by atoms with E-state index in [1.54, 1.807) is 0 Å². The topological polar surface area (TPSA) is 73.8 Å². The second-order valence-electron chi connectivity index (χ2n) is 5.84. The molecule has 2 rings (SSSR count). The van der Waals surface area contributed by atoms with Crippen LogP contribution < -0.4 is 10.6 Å². The molecule has 0 radical (unpaired) electrons. The van der Waals surface area contributed by atoms with Crippen molar-refractivity contribution in [3.8, 4) is 0 Å². The van der Waals surface area contributed by atoms with Crippen LogP contribution >= 0.6 is 11.3 Å². The molecule has 0 spiro atoms. The van der Waals surface area contributed by atoms with Crippen LogP contribution in [-0.2, 0) is 22.8 Å². The molecule has 1 saturated heterocycles. The van der Waals surface area contributed by atoms with Crippen molar-refractivity contribution in [3.05, 3.63) is 21.9 Å². The van der Waals surface area contributed by atoms with Crippen molar-refractivity contribution in [1.82, 2.24) is 15.5 Å². The Morgan fingerprint density at radius 3 is 2.54 bits per heavy atom. The maximum absolute atomic E-state index is 11.4. The number of hydrogen-bond donors (Lipinski definition) is 2. The van der Waals surface area contributed by atoms with Gasteiger partial charge in [-0.1, -0.05) is 6.92 Å². The molecule has 2 N–H and O–H groups in total. The zero-order chi connectivity index (χ0) is 17.4. The van der Waals surface area contributed by atoms with E-state index in [0.29, 0.717) is 19.6 Å². The number of rotatable bonds is 7. The van der Waals surface area contributed by atoms with Gasteiger partial charge in [-0.2, -0.15) is 0 Å². The molecule has 0 atom stereocenters. The van der Waals surface area contributed by atoms with E-state index in [1.807, 2.05) is 18.3 Å². The van der Waals surface area contributed by atoms with E-state index in [0.717, 1.165) is 32.0 Å². The summed E-state index contributed by atoms with van der Waals surface area (Å²) < 4.78 is 22.9. The van der Waals surface area contributed by atoms with Crippen LogP contribution in [0.25, 0.3) is 0 Å². The number of nitrogens with one attached hydrogen (secondary N) is 2. The molecule has 6 nitrogen and oxygen atoms in total. The minimum atomic E-state index is -2.80. The number of thiophene rings is 1. The Morgan fingerprint density at radius 1 is 1.21 bits per heavy atom. The fourth-order valence-corrected chi connectivity index (χ4v) is 4.66. The van der Waals surface area contributed by atoms with Crippen LogP contribution in [0.2, 0.25) is 0 Å². The number of sulfone groups is 1. The predicted octanol–water partition coefficient (Wildman–Crippen LogP) is 1.10. The molecule has 1 aromatic heterocycles. The van der Waals surface area contributed by atoms with Crippen molar-refractivity contribution in [1.29, 1.82) is 0 Å². The average Bonchev–Trinajstić information content (AvgIpc) is 3.02. The van der Waals surface area contributed by atoms with Crippen molar-refractivity contribution in [3.63, 3.8) is 0 Å². The highest BCUT2D eigenvalue weighted by molar-refractivity contribution is 7.91. The van der Waals surface area contributed by atoms with Crippen LogP contribution in [-0.4, -0.2) is 63.5 Å². The summed E-state index contributed by atoms with van der Waals surface area (Å²) >= 11 is 1.81. The van der Waals surface area contributed by atoms with Gasteiger partial charge in [0.15, 0.2) is 15.8 Å². The van der Waals surface area contributed by atoms with Crippen LogP contribution in [0.1, 0.15) is 23.6 Å². The summed E-state index contributed by atoms with van der Waals surface area (Å²) in [4.78, 5) is 9.47. The van der Waals surface area contributed by atoms with Crippen molar-refractivity contribution in [2.45, 2.75) is 26.8 Å². The van der Waals surface area contributed by atoms with Gasteiger partial charge in [0.1, 0.15) is 0 Å². The fourth-order valence-electron chi connectivity index (χ4n) is 2.50. The van der Waals surface area contributed by atoms with Gasteiger partial charge in [-0.25, -0.2) is 13.4 Å². The summed E-state index contributed by atoms with van der Waals surface area (Å²) in [5.41, 5.74) is 0. The van der Waals surface area contributed by atoms with Crippen LogP contribution in [0.4, 0.5) is 0 Å². The quantitative estimate of drug-likeness (QED) is 0.554. The first kappa shape index (κ1) is 19.2. The molecule has 0 saturated carbocycles. The minimum Gasteiger partial charge on any atom is -0.357 e. The zero-order valence-corrected chi connectivity index (χ0v) is 16.2. The molecule has 0 aromatic carbocycles. The van der Waals surface area contributed by atoms with Crippen molar-refractivity contribution >= 4 is 27.1 Å². The summed E-state index contributed by atoms with van der Waals surface area (Å²) in [6, 6.07) is 4.31. The molecule has 8 heteroatoms. The maximum Gasteiger partial charge on any atom is 0.191 e. The van der Waals surface area contributed by atoms with E-state index in [2.05, 4.69) is 39.6 Å². The Morgan fingerprint density at radius 2 is 1.92 bits per heavy atom. The third kappa shape index (κ3) is 6.41. The molecule has 24 heavy (non-hydrogen) atoms. The van der Waals surface area contributed by atoms with E-state index in [9.17, 15) is 8.42 Å². The number of nitrogens with zero attached hydrogens (tertiary/aromatic N) is 2. The van der Waals surface area contributed by atoms with Gasteiger partial charge >= 0.3 is 0 Å². The molecule has 0 aliphatic carbocycles. The lowest BCUT2D eigenvalue weighted by atomic mass is 10.4. The molecule has 0 unspecified atom stereocenters. The first-order chi connectivity index (χ1) is 11.5. The molecular formula is C16H28N4O2S2. The Bertz CT molecular complexity index is 626. The van der Waals surface area contributed by atoms with Crippen molar-refractivity contribution in [2.24, 2.45) is 4.99 Å². The van der Waals surface area contributed by atoms with E-state index in [4.69, 9.17) is 0 Å². The van der Waals surface area contributed by atoms with Crippen LogP contribution in [0, 0.1) is 0 Å². The highest BCUT2D eigenvalue weighted by Crippen LogP contribution is 2.17. The Hall–Kier alpha value is -1.12. The van der Waals surface area contributed by atoms with E-state index < -0.39 is 9.84 Å². The number of guanidine groups is 1. The summed E-state index contributed by atoms with van der Waals surface area (Å²) in [6.07, 6.45) is 1.07. The van der Waals surface area contributed by atoms with Crippen LogP contribution in [0.15, 0.2) is 17.1 Å². The van der Waals surface area contributed by atoms with Gasteiger partial charge in [0.25, 0.3) is 0 Å². The molecule has 1 aromatic rings. The summed E-state index contributed by atoms with van der Waals surface area (Å²) in [5, 5.41) is 6.59. The highest BCUT2D eigenvalue weighted by Gasteiger charge is 2.20. The molecule has 1 fully saturated rings. The first-order valence-electron chi connectivity index (χ1n) is 8.55. The predicted molar refractivity (Wildman–Crippen MR) is 102 cm³/mol. The SMILES string of the molecule is CCNC(=NCc1ccc(CC)s1)NCCN1CCS(=O)(=O)CC1. The van der Waals surface area contributed by atoms with Crippen molar-refractivity contribution in [2.75, 3.05) is 44.2 Å². The summed E-state index contributed by atoms with van der Waals surface area (Å²) in [5.74, 6) is 1.37. The molecule has 2 heterocycles. The third-order valence-corrected chi connectivity index (χ3v) is 6.78. The fraction of sp³-hybridized carbons (Fsp3) is 0.688. The van der Waals surface area contributed by atoms with Gasteiger partial charge in [-0.05, 0) is 25.5 Å². The standard InChI is InChI=1S/C16H28N4O2S2/c1-3-14-5-6-15(23-14)13-19-16(17-4-2)18-7-8-20-9-11-24(21,22)12-10-20/h5-6H,3-4,7-13H2,1-2H3,(H2,17,18,19). The van der Waals surface area contributed by atoms with Gasteiger partial charge in [0.2, 0.25) is 0 Å². The molecular weight excluding hydrogens is 344 g/mol. The van der Waals surface area contributed by atoms with Gasteiger partial charge in [-0.3, -0.25) is 4.90 Å². The summed E-state index contributed by atoms with van der Waals surface area (Å²) in [7, 11) is -2.80. The molecule has 1 aliphatic heterocycles. The molecule has 0 bridgehead atoms. The first-order valence-corrected chi connectivity index (χ1v) is 11.2. The highest BCUT2D eigenvalue weighted by atomic mass is 32.2. The lowest BCUT2D eigenvalue weighted by Gasteiger charge is -2.26. The normalized spacial score (nSPS) is 18.5. The minimum absolute atomic E-state index is 0.277. The molecule has 1 aliphatic rings. The van der Waals surface area contributed by atoms with Gasteiger partial charge in [-0.15, -0.1) is 11.3 Å². The number of aryl methyl sites for hydroxylation is 1. The third-order valence-electron chi connectivity index (χ3n) is 3.96. The van der Waals surface area contributed by atoms with Gasteiger partial charge in [0.05, 0.1) is 18.1 Å². The maximum atomic E-state index is 11.4.